The van der Waals surface area contributed by atoms with Crippen LogP contribution in [0.2, 0.25) is 0 Å². The summed E-state index contributed by atoms with van der Waals surface area (Å²) in [4.78, 5) is 38.2. The lowest BCUT2D eigenvalue weighted by molar-refractivity contribution is -0.158. The fraction of sp³-hybridized carbons (Fsp3) is 0.681. The van der Waals surface area contributed by atoms with Gasteiger partial charge >= 0.3 is 25.8 Å². The number of hydrogen-bond acceptors (Lipinski definition) is 12. The lowest BCUT2D eigenvalue weighted by atomic mass is 9.98. The maximum atomic E-state index is 14.6. The molecule has 0 amide bonds. The smallest absolute Gasteiger partial charge is 0.459 e. The fourth-order valence-corrected chi connectivity index (χ4v) is 9.23. The Morgan fingerprint density at radius 3 is 2.11 bits per heavy atom. The van der Waals surface area contributed by atoms with Crippen LogP contribution in [-0.4, -0.2) is 62.4 Å². The molecule has 3 heterocycles. The molecule has 1 aliphatic rings. The van der Waals surface area contributed by atoms with Crippen LogP contribution >= 0.6 is 7.75 Å². The van der Waals surface area contributed by atoms with Crippen molar-refractivity contribution in [3.05, 3.63) is 42.7 Å². The number of imidazole rings is 1. The number of nitrogens with one attached hydrogen (secondary N) is 1. The highest BCUT2D eigenvalue weighted by molar-refractivity contribution is 7.52. The van der Waals surface area contributed by atoms with Gasteiger partial charge in [-0.1, -0.05) is 160 Å². The van der Waals surface area contributed by atoms with E-state index in [0.29, 0.717) is 6.42 Å². The lowest BCUT2D eigenvalue weighted by Crippen LogP contribution is -2.45. The van der Waals surface area contributed by atoms with Crippen molar-refractivity contribution in [3.63, 3.8) is 0 Å². The van der Waals surface area contributed by atoms with E-state index in [4.69, 9.17) is 35.4 Å². The summed E-state index contributed by atoms with van der Waals surface area (Å²) in [6.07, 6.45) is 26.9. The van der Waals surface area contributed by atoms with E-state index in [-0.39, 0.29) is 48.1 Å². The van der Waals surface area contributed by atoms with Crippen molar-refractivity contribution in [2.45, 2.75) is 187 Å². The van der Waals surface area contributed by atoms with Gasteiger partial charge in [0.25, 0.3) is 0 Å². The van der Waals surface area contributed by atoms with Crippen molar-refractivity contribution in [1.29, 1.82) is 0 Å². The van der Waals surface area contributed by atoms with Crippen molar-refractivity contribution in [3.8, 4) is 18.1 Å². The number of fused-ring (bicyclic) bond motifs is 1. The van der Waals surface area contributed by atoms with Crippen molar-refractivity contribution < 1.29 is 41.8 Å². The number of para-hydroxylation sites is 1. The molecule has 1 fully saturated rings. The predicted molar refractivity (Wildman–Crippen MR) is 243 cm³/mol. The highest BCUT2D eigenvalue weighted by atomic mass is 31.2. The Bertz CT molecular complexity index is 1910. The van der Waals surface area contributed by atoms with Gasteiger partial charge in [-0.05, 0) is 31.4 Å². The molecule has 1 aromatic carbocycles. The van der Waals surface area contributed by atoms with Gasteiger partial charge in [0.15, 0.2) is 22.6 Å². The molecule has 2 aromatic heterocycles. The number of nitrogens with zero attached hydrogens (tertiary/aromatic N) is 4. The van der Waals surface area contributed by atoms with Crippen LogP contribution in [0.25, 0.3) is 11.2 Å². The van der Waals surface area contributed by atoms with Crippen molar-refractivity contribution in [2.75, 3.05) is 18.9 Å². The van der Waals surface area contributed by atoms with Crippen LogP contribution in [-0.2, 0) is 32.9 Å². The molecule has 5 atom stereocenters. The largest absolute Gasteiger partial charge is 0.464 e. The zero-order valence-electron chi connectivity index (χ0n) is 38.1. The van der Waals surface area contributed by atoms with E-state index in [2.05, 4.69) is 32.9 Å². The topological polar surface area (TPSA) is 179 Å². The van der Waals surface area contributed by atoms with Crippen molar-refractivity contribution in [2.24, 2.45) is 5.92 Å². The highest BCUT2D eigenvalue weighted by Gasteiger charge is 2.53. The van der Waals surface area contributed by atoms with Crippen molar-refractivity contribution in [1.82, 2.24) is 24.6 Å². The number of hydrogen-bond donors (Lipinski definition) is 2. The van der Waals surface area contributed by atoms with Crippen LogP contribution in [0.5, 0.6) is 5.75 Å². The molecule has 0 saturated carbocycles. The Hall–Kier alpha value is -4.09. The maximum absolute atomic E-state index is 14.6. The van der Waals surface area contributed by atoms with Crippen LogP contribution in [0, 0.1) is 24.3 Å². The number of aromatic nitrogens is 4. The Morgan fingerprint density at radius 2 is 1.54 bits per heavy atom. The molecule has 0 radical (unpaired) electrons. The molecule has 1 unspecified atom stereocenters. The normalized spacial score (nSPS) is 18.9. The second-order valence-electron chi connectivity index (χ2n) is 16.8. The number of carbonyl (C=O) groups excluding carboxylic acids is 2. The van der Waals surface area contributed by atoms with Gasteiger partial charge in [0, 0.05) is 12.8 Å². The molecule has 4 rings (SSSR count). The molecule has 3 aromatic rings. The number of carbonyl (C=O) groups is 2. The van der Waals surface area contributed by atoms with E-state index in [0.717, 1.165) is 32.1 Å². The number of nitrogens with two attached hydrogens (primary N) is 1. The Morgan fingerprint density at radius 1 is 0.952 bits per heavy atom. The number of benzene rings is 1. The minimum absolute atomic E-state index is 0.0225. The summed E-state index contributed by atoms with van der Waals surface area (Å²) in [6, 6.07) is 7.16. The molecular weight excluding hydrogens is 827 g/mol. The monoisotopic (exact) mass is 899 g/mol. The first-order valence-corrected chi connectivity index (χ1v) is 24.9. The van der Waals surface area contributed by atoms with E-state index in [9.17, 15) is 18.5 Å². The van der Waals surface area contributed by atoms with E-state index in [1.165, 1.54) is 101 Å². The first kappa shape index (κ1) is 51.5. The quantitative estimate of drug-likeness (QED) is 0.0199. The zero-order valence-corrected chi connectivity index (χ0v) is 39.0. The van der Waals surface area contributed by atoms with Crippen LogP contribution in [0.15, 0.2) is 36.7 Å². The Balaban J connectivity index is 1.37. The number of terminal acetylenes is 1. The standard InChI is InChI=1S/C47H72FN6O8P/c1-6-10-11-12-13-14-15-16-17-18-19-20-21-22-23-24-28-31-41(55)60-39-32-40(54-35-50-42-43(49)51-46(48)52-44(42)54)61-47(39,9-4)34-59-63(57,62-38-29-26-25-27-30-38)53-36(5)45(56)58-33-37(7-2)8-3/h4,25-27,29-30,35-37,39-40H,6-8,10-24,28,31-34H2,1-3,5H3,(H,53,57)(H2,49,51,52)/t36-,39-,40+,47+,63?/m0/s1. The molecule has 0 spiro atoms. The van der Waals surface area contributed by atoms with E-state index < -0.39 is 56.3 Å². The third kappa shape index (κ3) is 16.8. The van der Waals surface area contributed by atoms with Crippen LogP contribution in [0.3, 0.4) is 0 Å². The molecule has 0 aliphatic carbocycles. The van der Waals surface area contributed by atoms with Gasteiger partial charge in [0.1, 0.15) is 30.7 Å². The summed E-state index contributed by atoms with van der Waals surface area (Å²) in [6.45, 7) is 7.36. The number of esters is 2. The Labute approximate surface area is 374 Å². The molecule has 3 N–H and O–H groups in total. The minimum Gasteiger partial charge on any atom is -0.464 e. The number of nitrogen functional groups attached to an aromatic ring is 1. The Kier molecular flexibility index (Phi) is 22.3. The van der Waals surface area contributed by atoms with Gasteiger partial charge in [-0.25, -0.2) is 9.55 Å². The van der Waals surface area contributed by atoms with Gasteiger partial charge < -0.3 is 24.5 Å². The molecule has 16 heteroatoms. The number of anilines is 1. The minimum atomic E-state index is -4.43. The number of halogens is 1. The first-order valence-electron chi connectivity index (χ1n) is 23.4. The van der Waals surface area contributed by atoms with Gasteiger partial charge in [-0.3, -0.25) is 18.7 Å². The zero-order chi connectivity index (χ0) is 45.5. The van der Waals surface area contributed by atoms with E-state index in [1.54, 1.807) is 30.3 Å². The lowest BCUT2D eigenvalue weighted by Gasteiger charge is -2.31. The highest BCUT2D eigenvalue weighted by Crippen LogP contribution is 2.48. The average molecular weight is 899 g/mol. The van der Waals surface area contributed by atoms with E-state index in [1.807, 2.05) is 13.8 Å². The van der Waals surface area contributed by atoms with Crippen LogP contribution in [0.1, 0.15) is 169 Å². The second kappa shape index (κ2) is 27.3. The molecule has 1 saturated heterocycles. The molecule has 350 valence electrons. The number of rotatable bonds is 32. The summed E-state index contributed by atoms with van der Waals surface area (Å²) >= 11 is 0. The molecule has 0 bridgehead atoms. The maximum Gasteiger partial charge on any atom is 0.459 e. The second-order valence-corrected chi connectivity index (χ2v) is 18.5. The van der Waals surface area contributed by atoms with Gasteiger partial charge in [0.05, 0.1) is 12.9 Å². The summed E-state index contributed by atoms with van der Waals surface area (Å²) in [7, 11) is -4.43. The third-order valence-corrected chi connectivity index (χ3v) is 13.4. The molecule has 1 aliphatic heterocycles. The molecule has 14 nitrogen and oxygen atoms in total. The SMILES string of the molecule is C#C[C@]1(COP(=O)(N[C@@H](C)C(=O)OCC(CC)CC)Oc2ccccc2)O[C@@H](n2cnc3c(N)nc(F)nc32)C[C@@H]1OC(=O)CCCCCCCCCCCCCCCCCCC. The first-order chi connectivity index (χ1) is 30.5. The number of unbranched alkanes of at least 4 members (excludes halogenated alkanes) is 16. The summed E-state index contributed by atoms with van der Waals surface area (Å²) in [5.74, 6) is 1.64. The van der Waals surface area contributed by atoms with E-state index >= 15 is 0 Å². The predicted octanol–water partition coefficient (Wildman–Crippen LogP) is 11.0. The molecular formula is C47H72FN6O8P. The van der Waals surface area contributed by atoms with Crippen molar-refractivity contribution >= 4 is 36.7 Å². The number of ether oxygens (including phenoxy) is 3. The summed E-state index contributed by atoms with van der Waals surface area (Å²) in [5.41, 5.74) is 4.27. The van der Waals surface area contributed by atoms with Gasteiger partial charge in [-0.2, -0.15) is 19.4 Å². The van der Waals surface area contributed by atoms with Crippen LogP contribution in [0.4, 0.5) is 10.2 Å². The summed E-state index contributed by atoms with van der Waals surface area (Å²) < 4.78 is 60.3. The van der Waals surface area contributed by atoms with Gasteiger partial charge in [0.2, 0.25) is 0 Å². The van der Waals surface area contributed by atoms with Crippen LogP contribution < -0.4 is 15.3 Å². The fourth-order valence-electron chi connectivity index (χ4n) is 7.71. The van der Waals surface area contributed by atoms with Gasteiger partial charge in [-0.15, -0.1) is 6.42 Å². The summed E-state index contributed by atoms with van der Waals surface area (Å²) in [5, 5.41) is 2.69. The average Bonchev–Trinajstić information content (AvgIpc) is 3.86. The third-order valence-electron chi connectivity index (χ3n) is 11.8. The molecule has 63 heavy (non-hydrogen) atoms.